The number of rotatable bonds is 2. The van der Waals surface area contributed by atoms with Gasteiger partial charge in [-0.3, -0.25) is 0 Å². The minimum atomic E-state index is -0.249. The van der Waals surface area contributed by atoms with E-state index in [9.17, 15) is 0 Å². The summed E-state index contributed by atoms with van der Waals surface area (Å²) in [4.78, 5) is 0. The van der Waals surface area contributed by atoms with Crippen molar-refractivity contribution < 1.29 is 4.74 Å². The third-order valence-electron chi connectivity index (χ3n) is 4.41. The lowest BCUT2D eigenvalue weighted by molar-refractivity contribution is 0.171. The molecule has 1 aliphatic rings. The van der Waals surface area contributed by atoms with Gasteiger partial charge in [0.05, 0.1) is 0 Å². The molecule has 0 aromatic heterocycles. The van der Waals surface area contributed by atoms with Crippen molar-refractivity contribution in [3.63, 3.8) is 0 Å². The number of hydrogen-bond acceptors (Lipinski definition) is 1. The van der Waals surface area contributed by atoms with Crippen LogP contribution in [0.25, 0.3) is 6.08 Å². The number of aryl methyl sites for hydroxylation is 2. The highest BCUT2D eigenvalue weighted by molar-refractivity contribution is 5.56. The summed E-state index contributed by atoms with van der Waals surface area (Å²) >= 11 is 0. The Morgan fingerprint density at radius 3 is 2.48 bits per heavy atom. The summed E-state index contributed by atoms with van der Waals surface area (Å²) < 4.78 is 6.32. The van der Waals surface area contributed by atoms with E-state index in [1.165, 1.54) is 27.8 Å². The van der Waals surface area contributed by atoms with E-state index in [1.54, 1.807) is 0 Å². The Morgan fingerprint density at radius 2 is 1.76 bits per heavy atom. The first-order chi connectivity index (χ1) is 9.98. The predicted octanol–water partition coefficient (Wildman–Crippen LogP) is 5.02. The zero-order valence-electron chi connectivity index (χ0n) is 13.2. The average molecular weight is 278 g/mol. The molecule has 2 aromatic rings. The Labute approximate surface area is 127 Å². The second kappa shape index (κ2) is 5.07. The van der Waals surface area contributed by atoms with Crippen LogP contribution in [0.3, 0.4) is 0 Å². The molecule has 2 aromatic carbocycles. The topological polar surface area (TPSA) is 9.23 Å². The fraction of sp³-hybridized carbons (Fsp3) is 0.300. The molecule has 3 rings (SSSR count). The van der Waals surface area contributed by atoms with E-state index in [0.29, 0.717) is 0 Å². The van der Waals surface area contributed by atoms with Crippen LogP contribution in [-0.2, 0) is 6.42 Å². The average Bonchev–Trinajstić information content (AvgIpc) is 2.83. The minimum Gasteiger partial charge on any atom is -0.483 e. The van der Waals surface area contributed by atoms with Gasteiger partial charge in [-0.2, -0.15) is 0 Å². The second-order valence-corrected chi connectivity index (χ2v) is 6.28. The van der Waals surface area contributed by atoms with Crippen molar-refractivity contribution in [1.29, 1.82) is 0 Å². The monoisotopic (exact) mass is 278 g/mol. The van der Waals surface area contributed by atoms with Crippen molar-refractivity contribution in [2.75, 3.05) is 0 Å². The zero-order chi connectivity index (χ0) is 15.0. The van der Waals surface area contributed by atoms with Crippen LogP contribution in [0.5, 0.6) is 5.75 Å². The van der Waals surface area contributed by atoms with E-state index < -0.39 is 0 Å². The maximum atomic E-state index is 6.32. The Bertz CT molecular complexity index is 698. The van der Waals surface area contributed by atoms with Gasteiger partial charge in [0.25, 0.3) is 0 Å². The summed E-state index contributed by atoms with van der Waals surface area (Å²) in [5.74, 6) is 1.09. The molecule has 0 spiro atoms. The van der Waals surface area contributed by atoms with Crippen LogP contribution in [0.15, 0.2) is 42.5 Å². The molecule has 0 radical (unpaired) electrons. The predicted molar refractivity (Wildman–Crippen MR) is 88.9 cm³/mol. The molecule has 0 saturated carbocycles. The normalized spacial score (nSPS) is 20.6. The summed E-state index contributed by atoms with van der Waals surface area (Å²) in [6, 6.07) is 12.7. The Balaban J connectivity index is 1.91. The van der Waals surface area contributed by atoms with E-state index >= 15 is 0 Å². The Hall–Kier alpha value is -2.02. The number of fused-ring (bicyclic) bond motifs is 1. The lowest BCUT2D eigenvalue weighted by atomic mass is 9.93. The Kier molecular flexibility index (Phi) is 3.36. The van der Waals surface area contributed by atoms with Crippen molar-refractivity contribution in [3.05, 3.63) is 70.3 Å². The van der Waals surface area contributed by atoms with Crippen LogP contribution in [0.2, 0.25) is 0 Å². The van der Waals surface area contributed by atoms with Gasteiger partial charge in [-0.15, -0.1) is 0 Å². The summed E-state index contributed by atoms with van der Waals surface area (Å²) in [7, 11) is 0. The van der Waals surface area contributed by atoms with E-state index in [2.05, 4.69) is 70.2 Å². The highest BCUT2D eigenvalue weighted by atomic mass is 16.5. The molecule has 0 fully saturated rings. The van der Waals surface area contributed by atoms with Gasteiger partial charge in [0.2, 0.25) is 0 Å². The Morgan fingerprint density at radius 1 is 1.05 bits per heavy atom. The van der Waals surface area contributed by atoms with Crippen molar-refractivity contribution in [3.8, 4) is 5.75 Å². The van der Waals surface area contributed by atoms with Gasteiger partial charge in [0, 0.05) is 12.0 Å². The molecule has 1 unspecified atom stereocenters. The van der Waals surface area contributed by atoms with Gasteiger partial charge in [0.1, 0.15) is 11.4 Å². The van der Waals surface area contributed by atoms with Crippen LogP contribution in [0.4, 0.5) is 0 Å². The summed E-state index contributed by atoms with van der Waals surface area (Å²) in [5, 5.41) is 0. The van der Waals surface area contributed by atoms with E-state index in [-0.39, 0.29) is 5.60 Å². The molecule has 108 valence electrons. The maximum absolute atomic E-state index is 6.32. The van der Waals surface area contributed by atoms with E-state index in [1.807, 2.05) is 6.07 Å². The quantitative estimate of drug-likeness (QED) is 0.749. The molecule has 0 N–H and O–H groups in total. The largest absolute Gasteiger partial charge is 0.483 e. The smallest absolute Gasteiger partial charge is 0.129 e. The highest BCUT2D eigenvalue weighted by Crippen LogP contribution is 2.41. The van der Waals surface area contributed by atoms with Gasteiger partial charge >= 0.3 is 0 Å². The van der Waals surface area contributed by atoms with Crippen LogP contribution in [0.1, 0.15) is 34.7 Å². The van der Waals surface area contributed by atoms with Crippen molar-refractivity contribution >= 4 is 6.08 Å². The first kappa shape index (κ1) is 13.9. The number of hydrogen-bond donors (Lipinski definition) is 0. The molecule has 1 heterocycles. The van der Waals surface area contributed by atoms with Crippen LogP contribution in [-0.4, -0.2) is 5.60 Å². The van der Waals surface area contributed by atoms with Gasteiger partial charge in [0.15, 0.2) is 0 Å². The molecular weight excluding hydrogens is 256 g/mol. The van der Waals surface area contributed by atoms with Gasteiger partial charge in [-0.05, 0) is 56.0 Å². The molecule has 1 atom stereocenters. The summed E-state index contributed by atoms with van der Waals surface area (Å²) in [6.45, 7) is 8.66. The lowest BCUT2D eigenvalue weighted by Gasteiger charge is -2.20. The highest BCUT2D eigenvalue weighted by Gasteiger charge is 2.34. The SMILES string of the molecule is Cc1cc(C)c2c(c1C)OC(C)(C=Cc1ccccc1)C2. The molecule has 0 saturated heterocycles. The molecule has 21 heavy (non-hydrogen) atoms. The van der Waals surface area contributed by atoms with Crippen molar-refractivity contribution in [1.82, 2.24) is 0 Å². The van der Waals surface area contributed by atoms with Gasteiger partial charge in [-0.25, -0.2) is 0 Å². The van der Waals surface area contributed by atoms with E-state index in [0.717, 1.165) is 12.2 Å². The molecule has 0 amide bonds. The van der Waals surface area contributed by atoms with Crippen LogP contribution >= 0.6 is 0 Å². The van der Waals surface area contributed by atoms with Gasteiger partial charge in [-0.1, -0.05) is 42.5 Å². The minimum absolute atomic E-state index is 0.249. The number of benzene rings is 2. The standard InChI is InChI=1S/C20H22O/c1-14-12-15(2)18-13-20(4,21-19(18)16(14)3)11-10-17-8-6-5-7-9-17/h5-12H,13H2,1-4H3. The van der Waals surface area contributed by atoms with E-state index in [4.69, 9.17) is 4.74 Å². The fourth-order valence-electron chi connectivity index (χ4n) is 3.01. The molecular formula is C20H22O. The van der Waals surface area contributed by atoms with Crippen LogP contribution < -0.4 is 4.74 Å². The lowest BCUT2D eigenvalue weighted by Crippen LogP contribution is -2.27. The van der Waals surface area contributed by atoms with Gasteiger partial charge < -0.3 is 4.74 Å². The molecule has 0 bridgehead atoms. The maximum Gasteiger partial charge on any atom is 0.129 e. The molecule has 1 heteroatoms. The zero-order valence-corrected chi connectivity index (χ0v) is 13.2. The first-order valence-electron chi connectivity index (χ1n) is 7.51. The third kappa shape index (κ3) is 2.61. The van der Waals surface area contributed by atoms with Crippen molar-refractivity contribution in [2.45, 2.75) is 39.7 Å². The number of ether oxygens (including phenoxy) is 1. The van der Waals surface area contributed by atoms with Crippen molar-refractivity contribution in [2.24, 2.45) is 0 Å². The summed E-state index contributed by atoms with van der Waals surface area (Å²) in [6.07, 6.45) is 5.29. The van der Waals surface area contributed by atoms with Crippen LogP contribution in [0, 0.1) is 20.8 Å². The molecule has 1 nitrogen and oxygen atoms in total. The second-order valence-electron chi connectivity index (χ2n) is 6.28. The molecule has 1 aliphatic heterocycles. The summed E-state index contributed by atoms with van der Waals surface area (Å²) in [5.41, 5.74) is 6.24. The molecule has 0 aliphatic carbocycles. The first-order valence-corrected chi connectivity index (χ1v) is 7.51. The third-order valence-corrected chi connectivity index (χ3v) is 4.41. The fourth-order valence-corrected chi connectivity index (χ4v) is 3.01.